The summed E-state index contributed by atoms with van der Waals surface area (Å²) in [4.78, 5) is 5.01. The van der Waals surface area contributed by atoms with Gasteiger partial charge in [0.15, 0.2) is 0 Å². The number of hydrogen-bond donors (Lipinski definition) is 0. The Kier molecular flexibility index (Phi) is 4.42. The van der Waals surface area contributed by atoms with Gasteiger partial charge in [-0.15, -0.1) is 0 Å². The van der Waals surface area contributed by atoms with Gasteiger partial charge in [-0.05, 0) is 22.3 Å². The number of benzene rings is 2. The van der Waals surface area contributed by atoms with E-state index in [9.17, 15) is 0 Å². The maximum atomic E-state index is 5.43. The third-order valence-corrected chi connectivity index (χ3v) is 4.81. The molecule has 0 aliphatic carbocycles. The average molecular weight is 308 g/mol. The maximum Gasteiger partial charge on any atom is 0.0594 e. The zero-order valence-corrected chi connectivity index (χ0v) is 13.6. The highest BCUT2D eigenvalue weighted by Gasteiger charge is 2.18. The van der Waals surface area contributed by atoms with Gasteiger partial charge in [0.05, 0.1) is 13.2 Å². The van der Waals surface area contributed by atoms with Gasteiger partial charge in [0, 0.05) is 39.3 Å². The van der Waals surface area contributed by atoms with Gasteiger partial charge in [-0.2, -0.15) is 0 Å². The second-order valence-corrected chi connectivity index (χ2v) is 6.62. The SMILES string of the molecule is c1cc(CN2CCOCC2)cc(CN2Cc3ccccc3C2)c1. The Morgan fingerprint density at radius 1 is 0.739 bits per heavy atom. The Bertz CT molecular complexity index is 639. The van der Waals surface area contributed by atoms with Crippen molar-refractivity contribution in [1.29, 1.82) is 0 Å². The number of fused-ring (bicyclic) bond motifs is 1. The fraction of sp³-hybridized carbons (Fsp3) is 0.400. The molecule has 2 aliphatic heterocycles. The summed E-state index contributed by atoms with van der Waals surface area (Å²) in [6.45, 7) is 8.05. The molecule has 0 amide bonds. The van der Waals surface area contributed by atoms with Crippen molar-refractivity contribution in [1.82, 2.24) is 9.80 Å². The number of ether oxygens (including phenoxy) is 1. The highest BCUT2D eigenvalue weighted by atomic mass is 16.5. The van der Waals surface area contributed by atoms with Crippen LogP contribution in [0.15, 0.2) is 48.5 Å². The molecule has 120 valence electrons. The molecule has 2 aliphatic rings. The van der Waals surface area contributed by atoms with Crippen LogP contribution < -0.4 is 0 Å². The molecule has 4 rings (SSSR count). The van der Waals surface area contributed by atoms with Crippen LogP contribution in [0.1, 0.15) is 22.3 Å². The molecule has 0 radical (unpaired) electrons. The fourth-order valence-electron chi connectivity index (χ4n) is 3.62. The van der Waals surface area contributed by atoms with Crippen LogP contribution in [0.2, 0.25) is 0 Å². The molecule has 0 unspecified atom stereocenters. The fourth-order valence-corrected chi connectivity index (χ4v) is 3.62. The molecule has 0 saturated carbocycles. The molecule has 1 saturated heterocycles. The first kappa shape index (κ1) is 14.9. The molecular formula is C20H24N2O. The smallest absolute Gasteiger partial charge is 0.0594 e. The van der Waals surface area contributed by atoms with Crippen LogP contribution in [-0.2, 0) is 30.9 Å². The van der Waals surface area contributed by atoms with E-state index in [1.165, 1.54) is 22.3 Å². The van der Waals surface area contributed by atoms with Crippen LogP contribution in [0.3, 0.4) is 0 Å². The Morgan fingerprint density at radius 3 is 2.00 bits per heavy atom. The number of morpholine rings is 1. The van der Waals surface area contributed by atoms with E-state index in [4.69, 9.17) is 4.74 Å². The molecule has 0 atom stereocenters. The Labute approximate surface area is 138 Å². The topological polar surface area (TPSA) is 15.7 Å². The lowest BCUT2D eigenvalue weighted by atomic mass is 10.1. The number of nitrogens with zero attached hydrogens (tertiary/aromatic N) is 2. The summed E-state index contributed by atoms with van der Waals surface area (Å²) in [5, 5.41) is 0. The summed E-state index contributed by atoms with van der Waals surface area (Å²) in [6.07, 6.45) is 0. The van der Waals surface area contributed by atoms with Gasteiger partial charge >= 0.3 is 0 Å². The molecule has 0 aromatic heterocycles. The first-order valence-corrected chi connectivity index (χ1v) is 8.54. The lowest BCUT2D eigenvalue weighted by molar-refractivity contribution is 0.0342. The molecule has 1 fully saturated rings. The van der Waals surface area contributed by atoms with Crippen molar-refractivity contribution in [2.45, 2.75) is 26.2 Å². The van der Waals surface area contributed by atoms with Crippen molar-refractivity contribution in [2.75, 3.05) is 26.3 Å². The van der Waals surface area contributed by atoms with Gasteiger partial charge in [0.2, 0.25) is 0 Å². The molecule has 0 N–H and O–H groups in total. The van der Waals surface area contributed by atoms with E-state index < -0.39 is 0 Å². The van der Waals surface area contributed by atoms with Crippen LogP contribution in [-0.4, -0.2) is 36.1 Å². The predicted molar refractivity (Wildman–Crippen MR) is 91.9 cm³/mol. The Hall–Kier alpha value is -1.68. The third-order valence-electron chi connectivity index (χ3n) is 4.81. The summed E-state index contributed by atoms with van der Waals surface area (Å²) >= 11 is 0. The van der Waals surface area contributed by atoms with E-state index in [0.717, 1.165) is 52.5 Å². The van der Waals surface area contributed by atoms with Crippen molar-refractivity contribution in [3.63, 3.8) is 0 Å². The van der Waals surface area contributed by atoms with Crippen molar-refractivity contribution >= 4 is 0 Å². The second kappa shape index (κ2) is 6.83. The first-order chi connectivity index (χ1) is 11.4. The van der Waals surface area contributed by atoms with Crippen LogP contribution in [0.5, 0.6) is 0 Å². The lowest BCUT2D eigenvalue weighted by Gasteiger charge is -2.26. The zero-order chi connectivity index (χ0) is 15.5. The minimum atomic E-state index is 0.867. The molecule has 3 heteroatoms. The van der Waals surface area contributed by atoms with Crippen molar-refractivity contribution < 1.29 is 4.74 Å². The van der Waals surface area contributed by atoms with Crippen molar-refractivity contribution in [3.8, 4) is 0 Å². The van der Waals surface area contributed by atoms with Gasteiger partial charge < -0.3 is 4.74 Å². The van der Waals surface area contributed by atoms with E-state index in [1.54, 1.807) is 0 Å². The van der Waals surface area contributed by atoms with Crippen molar-refractivity contribution in [3.05, 3.63) is 70.8 Å². The van der Waals surface area contributed by atoms with Crippen LogP contribution in [0.4, 0.5) is 0 Å². The summed E-state index contributed by atoms with van der Waals surface area (Å²) in [5.74, 6) is 0. The lowest BCUT2D eigenvalue weighted by Crippen LogP contribution is -2.35. The average Bonchev–Trinajstić information content (AvgIpc) is 2.98. The van der Waals surface area contributed by atoms with Gasteiger partial charge in [0.1, 0.15) is 0 Å². The van der Waals surface area contributed by atoms with Crippen molar-refractivity contribution in [2.24, 2.45) is 0 Å². The standard InChI is InChI=1S/C20H24N2O/c1-2-7-20-16-22(15-19(20)6-1)14-18-5-3-4-17(12-18)13-21-8-10-23-11-9-21/h1-7,12H,8-11,13-16H2. The molecule has 2 aromatic carbocycles. The van der Waals surface area contributed by atoms with Crippen LogP contribution in [0.25, 0.3) is 0 Å². The van der Waals surface area contributed by atoms with Crippen LogP contribution in [0, 0.1) is 0 Å². The number of hydrogen-bond acceptors (Lipinski definition) is 3. The summed E-state index contributed by atoms with van der Waals surface area (Å²) in [7, 11) is 0. The highest BCUT2D eigenvalue weighted by Crippen LogP contribution is 2.24. The minimum absolute atomic E-state index is 0.867. The highest BCUT2D eigenvalue weighted by molar-refractivity contribution is 5.31. The van der Waals surface area contributed by atoms with Gasteiger partial charge in [0.25, 0.3) is 0 Å². The quantitative estimate of drug-likeness (QED) is 0.863. The van der Waals surface area contributed by atoms with Gasteiger partial charge in [-0.1, -0.05) is 48.5 Å². The summed E-state index contributed by atoms with van der Waals surface area (Å²) < 4.78 is 5.43. The summed E-state index contributed by atoms with van der Waals surface area (Å²) in [5.41, 5.74) is 5.80. The molecule has 0 spiro atoms. The monoisotopic (exact) mass is 308 g/mol. The Balaban J connectivity index is 1.39. The summed E-state index contributed by atoms with van der Waals surface area (Å²) in [6, 6.07) is 17.9. The zero-order valence-electron chi connectivity index (χ0n) is 13.6. The van der Waals surface area contributed by atoms with E-state index in [1.807, 2.05) is 0 Å². The molecular weight excluding hydrogens is 284 g/mol. The van der Waals surface area contributed by atoms with Crippen LogP contribution >= 0.6 is 0 Å². The normalized spacial score (nSPS) is 19.0. The van der Waals surface area contributed by atoms with Gasteiger partial charge in [-0.25, -0.2) is 0 Å². The minimum Gasteiger partial charge on any atom is -0.379 e. The number of rotatable bonds is 4. The molecule has 0 bridgehead atoms. The van der Waals surface area contributed by atoms with E-state index in [0.29, 0.717) is 0 Å². The largest absolute Gasteiger partial charge is 0.379 e. The molecule has 23 heavy (non-hydrogen) atoms. The second-order valence-electron chi connectivity index (χ2n) is 6.62. The maximum absolute atomic E-state index is 5.43. The Morgan fingerprint density at radius 2 is 1.35 bits per heavy atom. The van der Waals surface area contributed by atoms with E-state index >= 15 is 0 Å². The van der Waals surface area contributed by atoms with E-state index in [-0.39, 0.29) is 0 Å². The van der Waals surface area contributed by atoms with E-state index in [2.05, 4.69) is 58.3 Å². The first-order valence-electron chi connectivity index (χ1n) is 8.54. The van der Waals surface area contributed by atoms with Gasteiger partial charge in [-0.3, -0.25) is 9.80 Å². The molecule has 3 nitrogen and oxygen atoms in total. The molecule has 2 aromatic rings. The molecule has 2 heterocycles. The third kappa shape index (κ3) is 3.63. The predicted octanol–water partition coefficient (Wildman–Crippen LogP) is 3.03.